The van der Waals surface area contributed by atoms with Gasteiger partial charge in [0.2, 0.25) is 0 Å². The van der Waals surface area contributed by atoms with Gasteiger partial charge in [-0.2, -0.15) is 0 Å². The Bertz CT molecular complexity index is 236. The van der Waals surface area contributed by atoms with Crippen molar-refractivity contribution in [2.24, 2.45) is 0 Å². The van der Waals surface area contributed by atoms with Gasteiger partial charge in [0.05, 0.1) is 0 Å². The van der Waals surface area contributed by atoms with Crippen molar-refractivity contribution in [3.05, 3.63) is 0 Å². The molecule has 4 N–H and O–H groups in total. The first-order valence-electron chi connectivity index (χ1n) is 2.14. The van der Waals surface area contributed by atoms with Gasteiger partial charge in [-0.1, -0.05) is 0 Å². The van der Waals surface area contributed by atoms with E-state index in [9.17, 15) is 13.9 Å². The van der Waals surface area contributed by atoms with Crippen LogP contribution in [0.4, 0.5) is 4.79 Å². The smallest absolute Gasteiger partial charge is 0.337 e. The van der Waals surface area contributed by atoms with E-state index in [2.05, 4.69) is 9.05 Å². The minimum absolute atomic E-state index is 0. The molecule has 0 heterocycles. The van der Waals surface area contributed by atoms with E-state index in [1.54, 1.807) is 0 Å². The van der Waals surface area contributed by atoms with E-state index in [4.69, 9.17) is 19.6 Å². The van der Waals surface area contributed by atoms with Gasteiger partial charge < -0.3 is 9.05 Å². The van der Waals surface area contributed by atoms with Gasteiger partial charge in [0.25, 0.3) is 0 Å². The summed E-state index contributed by atoms with van der Waals surface area (Å²) in [5.74, 6) is 0. The quantitative estimate of drug-likeness (QED) is 0.362. The second kappa shape index (κ2) is 8.11. The molecular weight excluding hydrogens is 496 g/mol. The number of hydrogen-bond acceptors (Lipinski definition) is 5. The molecule has 0 saturated carbocycles. The van der Waals surface area contributed by atoms with Gasteiger partial charge in [0.1, 0.15) is 0 Å². The third-order valence-corrected chi connectivity index (χ3v) is 1.16. The zero-order valence-electron chi connectivity index (χ0n) is 6.38. The molecule has 0 saturated heterocycles. The Morgan fingerprint density at radius 3 is 1.21 bits per heavy atom. The van der Waals surface area contributed by atoms with Gasteiger partial charge in [0, 0.05) is 71.2 Å². The maximum absolute atomic E-state index is 10.0. The number of phosphoric acid groups is 2. The average Bonchev–Trinajstić information content (AvgIpc) is 1.49. The monoisotopic (exact) mass is 500 g/mol. The Kier molecular flexibility index (Phi) is 12.3. The fourth-order valence-electron chi connectivity index (χ4n) is 0.211. The van der Waals surface area contributed by atoms with Crippen molar-refractivity contribution in [2.75, 3.05) is 0 Å². The van der Waals surface area contributed by atoms with E-state index in [1.807, 2.05) is 0 Å². The summed E-state index contributed by atoms with van der Waals surface area (Å²) in [4.78, 5) is 41.7. The molecule has 78 valence electrons. The van der Waals surface area contributed by atoms with Crippen LogP contribution in [0.3, 0.4) is 0 Å². The molecule has 0 aliphatic carbocycles. The molecule has 0 aliphatic heterocycles. The molecule has 0 aromatic carbocycles. The van der Waals surface area contributed by atoms with Crippen LogP contribution in [0.1, 0.15) is 0 Å². The van der Waals surface area contributed by atoms with Gasteiger partial charge in [-0.25, -0.2) is 13.9 Å². The van der Waals surface area contributed by atoms with Crippen LogP contribution in [-0.2, 0) is 18.2 Å². The maximum atomic E-state index is 10.0. The normalized spacial score (nSPS) is 10.6. The second-order valence-electron chi connectivity index (χ2n) is 1.41. The van der Waals surface area contributed by atoms with Crippen LogP contribution >= 0.6 is 15.6 Å². The summed E-state index contributed by atoms with van der Waals surface area (Å²) in [5, 5.41) is 0. The van der Waals surface area contributed by atoms with Gasteiger partial charge in [-0.3, -0.25) is 19.6 Å². The molecule has 0 aromatic heterocycles. The van der Waals surface area contributed by atoms with Crippen molar-refractivity contribution in [2.45, 2.75) is 0 Å². The first kappa shape index (κ1) is 21.3. The van der Waals surface area contributed by atoms with Crippen molar-refractivity contribution >= 4 is 21.8 Å². The van der Waals surface area contributed by atoms with E-state index in [0.29, 0.717) is 0 Å². The minimum atomic E-state index is -5.13. The predicted octanol–water partition coefficient (Wildman–Crippen LogP) is -0.675. The minimum Gasteiger partial charge on any atom is -0.337 e. The first-order valence-corrected chi connectivity index (χ1v) is 5.20. The van der Waals surface area contributed by atoms with Crippen molar-refractivity contribution < 1.29 is 114 Å². The number of phosphoric ester groups is 2. The molecule has 0 aromatic rings. The molecule has 13 heteroatoms. The van der Waals surface area contributed by atoms with Gasteiger partial charge in [-0.15, -0.1) is 0 Å². The van der Waals surface area contributed by atoms with Crippen molar-refractivity contribution in [1.82, 2.24) is 0 Å². The number of carbonyl (C=O) groups is 1. The number of hydrogen-bond donors (Lipinski definition) is 4. The molecule has 0 amide bonds. The molecule has 9 nitrogen and oxygen atoms in total. The summed E-state index contributed by atoms with van der Waals surface area (Å²) in [7, 11) is -10.3. The fourth-order valence-corrected chi connectivity index (χ4v) is 0.733. The molecule has 0 atom stereocenters. The van der Waals surface area contributed by atoms with Gasteiger partial charge in [0.15, 0.2) is 0 Å². The van der Waals surface area contributed by atoms with Crippen LogP contribution < -0.4 is 0 Å². The van der Waals surface area contributed by atoms with Crippen LogP contribution in [-0.4, -0.2) is 25.7 Å². The zero-order valence-corrected chi connectivity index (χ0v) is 15.4. The van der Waals surface area contributed by atoms with Gasteiger partial charge >= 0.3 is 21.8 Å². The van der Waals surface area contributed by atoms with E-state index in [1.165, 1.54) is 0 Å². The van der Waals surface area contributed by atoms with E-state index >= 15 is 0 Å². The molecule has 0 bridgehead atoms. The maximum Gasteiger partial charge on any atom is 0.529 e. The topological polar surface area (TPSA) is 151 Å². The Balaban J connectivity index is -0.000000605. The molecule has 14 heavy (non-hydrogen) atoms. The molecule has 0 rings (SSSR count). The summed E-state index contributed by atoms with van der Waals surface area (Å²) in [6.07, 6.45) is -2.14. The van der Waals surface area contributed by atoms with Crippen molar-refractivity contribution in [3.8, 4) is 0 Å². The Morgan fingerprint density at radius 1 is 0.857 bits per heavy atom. The summed E-state index contributed by atoms with van der Waals surface area (Å²) >= 11 is 0. The van der Waals surface area contributed by atoms with Crippen LogP contribution in [0.25, 0.3) is 0 Å². The van der Waals surface area contributed by atoms with Crippen LogP contribution in [0, 0.1) is 71.2 Å². The third-order valence-electron chi connectivity index (χ3n) is 0.387. The standard InChI is InChI=1S/CH4O9P2.2La/c2-1(9-11(3,4)5)10-12(6,7)8;;/h(H2,3,4,5)(H2,6,7,8);;. The van der Waals surface area contributed by atoms with E-state index < -0.39 is 21.8 Å². The molecular formula is CH4La2O9P2. The summed E-state index contributed by atoms with van der Waals surface area (Å²) in [6, 6.07) is 0. The van der Waals surface area contributed by atoms with Crippen LogP contribution in [0.2, 0.25) is 0 Å². The third kappa shape index (κ3) is 16.4. The molecule has 0 spiro atoms. The summed E-state index contributed by atoms with van der Waals surface area (Å²) in [5.41, 5.74) is 0. The van der Waals surface area contributed by atoms with Crippen LogP contribution in [0.5, 0.6) is 0 Å². The van der Waals surface area contributed by atoms with Crippen molar-refractivity contribution in [3.63, 3.8) is 0 Å². The predicted molar refractivity (Wildman–Crippen MR) is 31.7 cm³/mol. The zero-order chi connectivity index (χ0) is 9.99. The Morgan fingerprint density at radius 2 is 1.07 bits per heavy atom. The van der Waals surface area contributed by atoms with E-state index in [0.717, 1.165) is 0 Å². The number of carbonyl (C=O) groups excluding carboxylic acids is 1. The first-order chi connectivity index (χ1) is 5.10. The fraction of sp³-hybridized carbons (Fsp3) is 0. The Hall–Kier alpha value is 1.96. The number of rotatable bonds is 2. The molecule has 0 unspecified atom stereocenters. The second-order valence-corrected chi connectivity index (χ2v) is 3.74. The van der Waals surface area contributed by atoms with E-state index in [-0.39, 0.29) is 71.2 Å². The van der Waals surface area contributed by atoms with Crippen molar-refractivity contribution in [1.29, 1.82) is 0 Å². The molecule has 2 radical (unpaired) electrons. The largest absolute Gasteiger partial charge is 0.529 e. The summed E-state index contributed by atoms with van der Waals surface area (Å²) < 4.78 is 25.9. The SMILES string of the molecule is O=C(OP(=O)(O)O)OP(=O)(O)O.[La].[La]. The van der Waals surface area contributed by atoms with Gasteiger partial charge in [-0.05, 0) is 0 Å². The average molecular weight is 500 g/mol. The summed E-state index contributed by atoms with van der Waals surface area (Å²) in [6.45, 7) is 0. The Labute approximate surface area is 134 Å². The van der Waals surface area contributed by atoms with Crippen LogP contribution in [0.15, 0.2) is 0 Å². The molecule has 0 fully saturated rings. The molecule has 0 aliphatic rings.